The molecule has 2 aromatic rings. The Balaban J connectivity index is 2.24. The minimum absolute atomic E-state index is 0.0624. The Labute approximate surface area is 125 Å². The maximum Gasteiger partial charge on any atom is 0.292 e. The van der Waals surface area contributed by atoms with Crippen LogP contribution in [0.5, 0.6) is 0 Å². The summed E-state index contributed by atoms with van der Waals surface area (Å²) in [5.74, 6) is -0.256. The van der Waals surface area contributed by atoms with Gasteiger partial charge in [0.25, 0.3) is 11.6 Å². The lowest BCUT2D eigenvalue weighted by molar-refractivity contribution is -0.384. The Hall–Kier alpha value is -2.48. The van der Waals surface area contributed by atoms with Gasteiger partial charge in [0.15, 0.2) is 0 Å². The number of carbonyl (C=O) groups excluding carboxylic acids is 1. The molecular formula is C13H14N4O3S. The molecule has 1 aromatic carbocycles. The predicted molar refractivity (Wildman–Crippen MR) is 80.5 cm³/mol. The van der Waals surface area contributed by atoms with Gasteiger partial charge in [-0.25, -0.2) is 0 Å². The number of hydrogen-bond donors (Lipinski definition) is 2. The van der Waals surface area contributed by atoms with Gasteiger partial charge in [0.05, 0.1) is 17.0 Å². The van der Waals surface area contributed by atoms with Crippen LogP contribution in [0.15, 0.2) is 29.9 Å². The average molecular weight is 306 g/mol. The highest BCUT2D eigenvalue weighted by molar-refractivity contribution is 7.09. The van der Waals surface area contributed by atoms with E-state index in [2.05, 4.69) is 15.6 Å². The Morgan fingerprint density at radius 1 is 1.48 bits per heavy atom. The highest BCUT2D eigenvalue weighted by atomic mass is 32.1. The Kier molecular flexibility index (Phi) is 4.83. The van der Waals surface area contributed by atoms with Gasteiger partial charge in [-0.1, -0.05) is 0 Å². The van der Waals surface area contributed by atoms with Gasteiger partial charge in [-0.15, -0.1) is 11.3 Å². The summed E-state index contributed by atoms with van der Waals surface area (Å²) in [6.07, 6.45) is 1.69. The van der Waals surface area contributed by atoms with Crippen LogP contribution in [0.1, 0.15) is 22.2 Å². The van der Waals surface area contributed by atoms with E-state index in [-0.39, 0.29) is 11.6 Å². The molecule has 21 heavy (non-hydrogen) atoms. The highest BCUT2D eigenvalue weighted by Crippen LogP contribution is 2.26. The lowest BCUT2D eigenvalue weighted by Gasteiger charge is -2.08. The van der Waals surface area contributed by atoms with Crippen LogP contribution in [0.4, 0.5) is 11.4 Å². The quantitative estimate of drug-likeness (QED) is 0.631. The second kappa shape index (κ2) is 6.80. The number of nitrogens with zero attached hydrogens (tertiary/aromatic N) is 2. The van der Waals surface area contributed by atoms with Crippen LogP contribution in [-0.2, 0) is 6.54 Å². The first-order chi connectivity index (χ1) is 10.1. The van der Waals surface area contributed by atoms with Crippen LogP contribution in [0.2, 0.25) is 0 Å². The molecule has 1 aromatic heterocycles. The standard InChI is InChI=1S/C13H14N4O3S/c1-2-15-13(18)9-3-4-12(17(19)20)11(5-9)16-7-10-6-14-8-21-10/h3-6,8,16H,2,7H2,1H3,(H,15,18). The largest absolute Gasteiger partial charge is 0.375 e. The van der Waals surface area contributed by atoms with Crippen molar-refractivity contribution in [2.24, 2.45) is 0 Å². The minimum Gasteiger partial charge on any atom is -0.375 e. The van der Waals surface area contributed by atoms with Gasteiger partial charge in [-0.2, -0.15) is 0 Å². The maximum atomic E-state index is 11.8. The lowest BCUT2D eigenvalue weighted by atomic mass is 10.1. The van der Waals surface area contributed by atoms with E-state index < -0.39 is 4.92 Å². The molecule has 0 spiro atoms. The van der Waals surface area contributed by atoms with Crippen LogP contribution in [0.25, 0.3) is 0 Å². The first kappa shape index (κ1) is 14.9. The summed E-state index contributed by atoms with van der Waals surface area (Å²) < 4.78 is 0. The monoisotopic (exact) mass is 306 g/mol. The summed E-state index contributed by atoms with van der Waals surface area (Å²) in [6.45, 7) is 2.73. The number of hydrogen-bond acceptors (Lipinski definition) is 6. The SMILES string of the molecule is CCNC(=O)c1ccc([N+](=O)[O-])c(NCc2cncs2)c1. The van der Waals surface area contributed by atoms with Crippen molar-refractivity contribution in [3.05, 3.63) is 50.5 Å². The number of nitro benzene ring substituents is 1. The normalized spacial score (nSPS) is 10.1. The topological polar surface area (TPSA) is 97.2 Å². The van der Waals surface area contributed by atoms with Crippen LogP contribution < -0.4 is 10.6 Å². The summed E-state index contributed by atoms with van der Waals surface area (Å²) in [6, 6.07) is 4.27. The molecule has 2 rings (SSSR count). The molecular weight excluding hydrogens is 292 g/mol. The van der Waals surface area contributed by atoms with Crippen LogP contribution in [0.3, 0.4) is 0 Å². The second-order valence-electron chi connectivity index (χ2n) is 4.17. The molecule has 0 atom stereocenters. The number of thiazole rings is 1. The van der Waals surface area contributed by atoms with Crippen LogP contribution >= 0.6 is 11.3 Å². The van der Waals surface area contributed by atoms with Crippen molar-refractivity contribution >= 4 is 28.6 Å². The van der Waals surface area contributed by atoms with Crippen molar-refractivity contribution in [2.75, 3.05) is 11.9 Å². The molecule has 0 unspecified atom stereocenters. The molecule has 0 radical (unpaired) electrons. The van der Waals surface area contributed by atoms with Crippen molar-refractivity contribution in [3.8, 4) is 0 Å². The molecule has 0 fully saturated rings. The molecule has 0 aliphatic carbocycles. The smallest absolute Gasteiger partial charge is 0.292 e. The van der Waals surface area contributed by atoms with E-state index in [0.29, 0.717) is 24.3 Å². The number of rotatable bonds is 6. The number of amides is 1. The van der Waals surface area contributed by atoms with E-state index in [1.807, 2.05) is 6.92 Å². The summed E-state index contributed by atoms with van der Waals surface area (Å²) in [5.41, 5.74) is 2.33. The van der Waals surface area contributed by atoms with Crippen molar-refractivity contribution in [3.63, 3.8) is 0 Å². The van der Waals surface area contributed by atoms with Gasteiger partial charge in [-0.05, 0) is 19.1 Å². The van der Waals surface area contributed by atoms with Gasteiger partial charge < -0.3 is 10.6 Å². The Morgan fingerprint density at radius 3 is 2.90 bits per heavy atom. The van der Waals surface area contributed by atoms with Gasteiger partial charge in [0.1, 0.15) is 5.69 Å². The number of benzene rings is 1. The number of nitro groups is 1. The average Bonchev–Trinajstić information content (AvgIpc) is 2.98. The van der Waals surface area contributed by atoms with E-state index in [4.69, 9.17) is 0 Å². The lowest BCUT2D eigenvalue weighted by Crippen LogP contribution is -2.22. The molecule has 2 N–H and O–H groups in total. The maximum absolute atomic E-state index is 11.8. The molecule has 1 heterocycles. The van der Waals surface area contributed by atoms with E-state index >= 15 is 0 Å². The zero-order valence-electron chi connectivity index (χ0n) is 11.3. The van der Waals surface area contributed by atoms with E-state index in [9.17, 15) is 14.9 Å². The number of anilines is 1. The third-order valence-corrected chi connectivity index (χ3v) is 3.51. The first-order valence-corrected chi connectivity index (χ1v) is 7.17. The Bertz CT molecular complexity index is 643. The first-order valence-electron chi connectivity index (χ1n) is 6.29. The van der Waals surface area contributed by atoms with E-state index in [0.717, 1.165) is 4.88 Å². The molecule has 7 nitrogen and oxygen atoms in total. The number of nitrogens with one attached hydrogen (secondary N) is 2. The third-order valence-electron chi connectivity index (χ3n) is 2.73. The van der Waals surface area contributed by atoms with Crippen molar-refractivity contribution in [1.82, 2.24) is 10.3 Å². The molecule has 0 bridgehead atoms. The second-order valence-corrected chi connectivity index (χ2v) is 5.14. The number of carbonyl (C=O) groups is 1. The molecule has 110 valence electrons. The molecule has 0 aliphatic heterocycles. The molecule has 8 heteroatoms. The van der Waals surface area contributed by atoms with Crippen molar-refractivity contribution in [2.45, 2.75) is 13.5 Å². The number of aromatic nitrogens is 1. The zero-order chi connectivity index (χ0) is 15.2. The van der Waals surface area contributed by atoms with Gasteiger partial charge in [0.2, 0.25) is 0 Å². The zero-order valence-corrected chi connectivity index (χ0v) is 12.1. The van der Waals surface area contributed by atoms with Gasteiger partial charge >= 0.3 is 0 Å². The molecule has 0 saturated carbocycles. The predicted octanol–water partition coefficient (Wildman–Crippen LogP) is 2.41. The molecule has 0 aliphatic rings. The summed E-state index contributed by atoms with van der Waals surface area (Å²) in [7, 11) is 0. The highest BCUT2D eigenvalue weighted by Gasteiger charge is 2.16. The molecule has 0 saturated heterocycles. The Morgan fingerprint density at radius 2 is 2.29 bits per heavy atom. The fraction of sp³-hybridized carbons (Fsp3) is 0.231. The van der Waals surface area contributed by atoms with E-state index in [1.54, 1.807) is 11.7 Å². The fourth-order valence-electron chi connectivity index (χ4n) is 1.75. The fourth-order valence-corrected chi connectivity index (χ4v) is 2.29. The minimum atomic E-state index is -0.476. The van der Waals surface area contributed by atoms with E-state index in [1.165, 1.54) is 29.5 Å². The van der Waals surface area contributed by atoms with Crippen molar-refractivity contribution in [1.29, 1.82) is 0 Å². The summed E-state index contributed by atoms with van der Waals surface area (Å²) in [4.78, 5) is 27.3. The molecule has 1 amide bonds. The van der Waals surface area contributed by atoms with Crippen LogP contribution in [0, 0.1) is 10.1 Å². The van der Waals surface area contributed by atoms with Gasteiger partial charge in [-0.3, -0.25) is 19.9 Å². The summed E-state index contributed by atoms with van der Waals surface area (Å²) >= 11 is 1.45. The van der Waals surface area contributed by atoms with Crippen molar-refractivity contribution < 1.29 is 9.72 Å². The van der Waals surface area contributed by atoms with Gasteiger partial charge in [0, 0.05) is 29.2 Å². The third kappa shape index (κ3) is 3.76. The van der Waals surface area contributed by atoms with Crippen LogP contribution in [-0.4, -0.2) is 22.4 Å². The summed E-state index contributed by atoms with van der Waals surface area (Å²) in [5, 5.41) is 16.7.